The fourth-order valence-corrected chi connectivity index (χ4v) is 2.08. The highest BCUT2D eigenvalue weighted by Gasteiger charge is 2.02. The fraction of sp³-hybridized carbons (Fsp3) is 0.562. The molecular weight excluding hydrogens is 248 g/mol. The van der Waals surface area contributed by atoms with Crippen LogP contribution in [0.3, 0.4) is 0 Å². The first-order chi connectivity index (χ1) is 9.71. The third kappa shape index (κ3) is 5.61. The van der Waals surface area contributed by atoms with Gasteiger partial charge in [0.15, 0.2) is 5.96 Å². The Morgan fingerprint density at radius 2 is 1.85 bits per heavy atom. The number of aliphatic imine (C=N–C) groups is 1. The lowest BCUT2D eigenvalue weighted by Crippen LogP contribution is -2.41. The summed E-state index contributed by atoms with van der Waals surface area (Å²) in [5, 5.41) is 6.71. The van der Waals surface area contributed by atoms with Gasteiger partial charge in [-0.05, 0) is 31.1 Å². The van der Waals surface area contributed by atoms with Crippen molar-refractivity contribution in [1.29, 1.82) is 0 Å². The number of nitrogens with zero attached hydrogens (tertiary/aromatic N) is 2. The van der Waals surface area contributed by atoms with Gasteiger partial charge in [0.05, 0.1) is 0 Å². The third-order valence-electron chi connectivity index (χ3n) is 3.55. The molecule has 0 amide bonds. The summed E-state index contributed by atoms with van der Waals surface area (Å²) in [7, 11) is 1.81. The van der Waals surface area contributed by atoms with Gasteiger partial charge in [-0.25, -0.2) is 0 Å². The summed E-state index contributed by atoms with van der Waals surface area (Å²) < 4.78 is 0. The Kier molecular flexibility index (Phi) is 7.73. The molecule has 0 heterocycles. The Bertz CT molecular complexity index is 411. The van der Waals surface area contributed by atoms with Gasteiger partial charge in [-0.2, -0.15) is 0 Å². The molecule has 0 atom stereocenters. The zero-order chi connectivity index (χ0) is 14.8. The van der Waals surface area contributed by atoms with Gasteiger partial charge in [0, 0.05) is 26.7 Å². The van der Waals surface area contributed by atoms with Crippen LogP contribution in [0.4, 0.5) is 0 Å². The molecule has 0 radical (unpaired) electrons. The summed E-state index contributed by atoms with van der Waals surface area (Å²) in [6.07, 6.45) is 0. The Morgan fingerprint density at radius 1 is 1.15 bits per heavy atom. The molecule has 0 spiro atoms. The SMILES string of the molecule is CCN(CC)CCNC(=NC)NCc1ccccc1C. The first-order valence-corrected chi connectivity index (χ1v) is 7.42. The molecule has 0 fully saturated rings. The largest absolute Gasteiger partial charge is 0.355 e. The summed E-state index contributed by atoms with van der Waals surface area (Å²) in [5.41, 5.74) is 2.61. The number of hydrogen-bond donors (Lipinski definition) is 2. The Labute approximate surface area is 123 Å². The molecule has 112 valence electrons. The van der Waals surface area contributed by atoms with Crippen molar-refractivity contribution in [2.24, 2.45) is 4.99 Å². The summed E-state index contributed by atoms with van der Waals surface area (Å²) >= 11 is 0. The summed E-state index contributed by atoms with van der Waals surface area (Å²) in [6, 6.07) is 8.41. The molecule has 1 aromatic carbocycles. The van der Waals surface area contributed by atoms with E-state index in [2.05, 4.69) is 65.6 Å². The average Bonchev–Trinajstić information content (AvgIpc) is 2.48. The van der Waals surface area contributed by atoms with E-state index in [9.17, 15) is 0 Å². The monoisotopic (exact) mass is 276 g/mol. The van der Waals surface area contributed by atoms with Crippen LogP contribution < -0.4 is 10.6 Å². The van der Waals surface area contributed by atoms with Gasteiger partial charge >= 0.3 is 0 Å². The topological polar surface area (TPSA) is 39.7 Å². The van der Waals surface area contributed by atoms with Crippen molar-refractivity contribution in [1.82, 2.24) is 15.5 Å². The smallest absolute Gasteiger partial charge is 0.191 e. The minimum absolute atomic E-state index is 0.803. The summed E-state index contributed by atoms with van der Waals surface area (Å²) in [6.45, 7) is 11.4. The van der Waals surface area contributed by atoms with Gasteiger partial charge < -0.3 is 15.5 Å². The number of guanidine groups is 1. The van der Waals surface area contributed by atoms with Gasteiger partial charge in [-0.3, -0.25) is 4.99 Å². The second-order valence-electron chi connectivity index (χ2n) is 4.81. The standard InChI is InChI=1S/C16H28N4/c1-5-20(6-2)12-11-18-16(17-4)19-13-15-10-8-7-9-14(15)3/h7-10H,5-6,11-13H2,1-4H3,(H2,17,18,19). The van der Waals surface area contributed by atoms with Gasteiger partial charge in [-0.15, -0.1) is 0 Å². The maximum Gasteiger partial charge on any atom is 0.191 e. The molecule has 0 aliphatic heterocycles. The Balaban J connectivity index is 2.35. The molecule has 0 bridgehead atoms. The molecule has 0 aliphatic rings. The minimum Gasteiger partial charge on any atom is -0.355 e. The number of hydrogen-bond acceptors (Lipinski definition) is 2. The average molecular weight is 276 g/mol. The first-order valence-electron chi connectivity index (χ1n) is 7.42. The van der Waals surface area contributed by atoms with Crippen molar-refractivity contribution in [3.8, 4) is 0 Å². The van der Waals surface area contributed by atoms with Crippen molar-refractivity contribution in [3.63, 3.8) is 0 Å². The highest BCUT2D eigenvalue weighted by molar-refractivity contribution is 5.79. The maximum absolute atomic E-state index is 4.26. The van der Waals surface area contributed by atoms with E-state index in [1.165, 1.54) is 11.1 Å². The third-order valence-corrected chi connectivity index (χ3v) is 3.55. The van der Waals surface area contributed by atoms with Crippen LogP contribution in [0.15, 0.2) is 29.3 Å². The maximum atomic E-state index is 4.26. The lowest BCUT2D eigenvalue weighted by molar-refractivity contribution is 0.308. The second kappa shape index (κ2) is 9.37. The van der Waals surface area contributed by atoms with E-state index in [0.29, 0.717) is 0 Å². The molecule has 1 aromatic rings. The van der Waals surface area contributed by atoms with E-state index >= 15 is 0 Å². The molecule has 1 rings (SSSR count). The molecular formula is C16H28N4. The number of likely N-dealkylation sites (N-methyl/N-ethyl adjacent to an activating group) is 1. The van der Waals surface area contributed by atoms with E-state index in [1.54, 1.807) is 0 Å². The summed E-state index contributed by atoms with van der Waals surface area (Å²) in [4.78, 5) is 6.65. The van der Waals surface area contributed by atoms with Crippen molar-refractivity contribution in [2.45, 2.75) is 27.3 Å². The molecule has 0 aromatic heterocycles. The predicted molar refractivity (Wildman–Crippen MR) is 87.2 cm³/mol. The quantitative estimate of drug-likeness (QED) is 0.591. The van der Waals surface area contributed by atoms with Crippen LogP contribution in [0.2, 0.25) is 0 Å². The lowest BCUT2D eigenvalue weighted by Gasteiger charge is -2.19. The van der Waals surface area contributed by atoms with Crippen LogP contribution in [-0.2, 0) is 6.54 Å². The molecule has 0 aliphatic carbocycles. The normalized spacial score (nSPS) is 11.8. The highest BCUT2D eigenvalue weighted by atomic mass is 15.2. The Hall–Kier alpha value is -1.55. The number of aryl methyl sites for hydroxylation is 1. The van der Waals surface area contributed by atoms with Gasteiger partial charge in [0.2, 0.25) is 0 Å². The van der Waals surface area contributed by atoms with Crippen LogP contribution in [0, 0.1) is 6.92 Å². The van der Waals surface area contributed by atoms with Crippen molar-refractivity contribution in [3.05, 3.63) is 35.4 Å². The van der Waals surface area contributed by atoms with Crippen molar-refractivity contribution >= 4 is 5.96 Å². The van der Waals surface area contributed by atoms with Crippen LogP contribution >= 0.6 is 0 Å². The van der Waals surface area contributed by atoms with Crippen molar-refractivity contribution in [2.75, 3.05) is 33.2 Å². The fourth-order valence-electron chi connectivity index (χ4n) is 2.08. The van der Waals surface area contributed by atoms with Crippen LogP contribution in [0.5, 0.6) is 0 Å². The van der Waals surface area contributed by atoms with Crippen molar-refractivity contribution < 1.29 is 0 Å². The van der Waals surface area contributed by atoms with E-state index in [0.717, 1.165) is 38.7 Å². The molecule has 2 N–H and O–H groups in total. The van der Waals surface area contributed by atoms with Crippen LogP contribution in [0.25, 0.3) is 0 Å². The van der Waals surface area contributed by atoms with E-state index in [4.69, 9.17) is 0 Å². The summed E-state index contributed by atoms with van der Waals surface area (Å²) in [5.74, 6) is 0.861. The zero-order valence-corrected chi connectivity index (χ0v) is 13.2. The molecule has 0 saturated heterocycles. The Morgan fingerprint density at radius 3 is 2.45 bits per heavy atom. The highest BCUT2D eigenvalue weighted by Crippen LogP contribution is 2.05. The first kappa shape index (κ1) is 16.5. The van der Waals surface area contributed by atoms with E-state index in [1.807, 2.05) is 7.05 Å². The molecule has 0 saturated carbocycles. The minimum atomic E-state index is 0.803. The number of benzene rings is 1. The molecule has 4 nitrogen and oxygen atoms in total. The predicted octanol–water partition coefficient (Wildman–Crippen LogP) is 2.00. The van der Waals surface area contributed by atoms with Gasteiger partial charge in [0.25, 0.3) is 0 Å². The molecule has 20 heavy (non-hydrogen) atoms. The van der Waals surface area contributed by atoms with E-state index in [-0.39, 0.29) is 0 Å². The number of rotatable bonds is 7. The second-order valence-corrected chi connectivity index (χ2v) is 4.81. The van der Waals surface area contributed by atoms with Crippen LogP contribution in [-0.4, -0.2) is 44.1 Å². The van der Waals surface area contributed by atoms with Gasteiger partial charge in [-0.1, -0.05) is 38.1 Å². The zero-order valence-electron chi connectivity index (χ0n) is 13.2. The van der Waals surface area contributed by atoms with E-state index < -0.39 is 0 Å². The number of nitrogens with one attached hydrogen (secondary N) is 2. The van der Waals surface area contributed by atoms with Crippen LogP contribution in [0.1, 0.15) is 25.0 Å². The van der Waals surface area contributed by atoms with Gasteiger partial charge in [0.1, 0.15) is 0 Å². The molecule has 4 heteroatoms. The lowest BCUT2D eigenvalue weighted by atomic mass is 10.1. The molecule has 0 unspecified atom stereocenters.